The zero-order valence-corrected chi connectivity index (χ0v) is 18.2. The van der Waals surface area contributed by atoms with Crippen molar-refractivity contribution in [2.24, 2.45) is 0 Å². The summed E-state index contributed by atoms with van der Waals surface area (Å²) in [4.78, 5) is 23.4. The van der Waals surface area contributed by atoms with Gasteiger partial charge in [0.25, 0.3) is 0 Å². The first kappa shape index (κ1) is 27.1. The van der Waals surface area contributed by atoms with Gasteiger partial charge in [0, 0.05) is 13.1 Å². The highest BCUT2D eigenvalue weighted by atomic mass is 16.4. The van der Waals surface area contributed by atoms with Gasteiger partial charge in [-0.2, -0.15) is 0 Å². The van der Waals surface area contributed by atoms with Crippen molar-refractivity contribution in [3.63, 3.8) is 0 Å². The summed E-state index contributed by atoms with van der Waals surface area (Å²) in [6.07, 6.45) is 24.7. The zero-order valence-electron chi connectivity index (χ0n) is 18.2. The number of hydrogen-bond donors (Lipinski definition) is 2. The van der Waals surface area contributed by atoms with Crippen molar-refractivity contribution < 1.29 is 19.8 Å². The lowest BCUT2D eigenvalue weighted by atomic mass is 10.1. The van der Waals surface area contributed by atoms with Crippen LogP contribution in [-0.2, 0) is 9.59 Å². The Morgan fingerprint density at radius 1 is 0.655 bits per heavy atom. The van der Waals surface area contributed by atoms with Crippen LogP contribution in [-0.4, -0.2) is 46.7 Å². The molecule has 0 bridgehead atoms. The van der Waals surface area contributed by atoms with Gasteiger partial charge < -0.3 is 15.1 Å². The summed E-state index contributed by atoms with van der Waals surface area (Å²) in [5.74, 6) is -1.67. The lowest BCUT2D eigenvalue weighted by molar-refractivity contribution is -0.137. The molecule has 0 aromatic rings. The molecule has 5 heteroatoms. The first-order valence-electron chi connectivity index (χ1n) is 11.2. The maximum absolute atomic E-state index is 10.7. The average molecular weight is 408 g/mol. The van der Waals surface area contributed by atoms with Gasteiger partial charge >= 0.3 is 11.9 Å². The Labute approximate surface area is 177 Å². The smallest absolute Gasteiger partial charge is 0.304 e. The fraction of sp³-hybridized carbons (Fsp3) is 0.667. The van der Waals surface area contributed by atoms with Gasteiger partial charge in [-0.15, -0.1) is 0 Å². The third-order valence-electron chi connectivity index (χ3n) is 4.66. The number of carboxylic acid groups (broad SMARTS) is 2. The summed E-state index contributed by atoms with van der Waals surface area (Å²) in [6.45, 7) is 3.79. The Bertz CT molecular complexity index is 479. The van der Waals surface area contributed by atoms with E-state index in [1.165, 1.54) is 25.7 Å². The molecule has 0 aromatic heterocycles. The summed E-state index contributed by atoms with van der Waals surface area (Å²) >= 11 is 0. The predicted molar refractivity (Wildman–Crippen MR) is 120 cm³/mol. The van der Waals surface area contributed by atoms with Gasteiger partial charge in [-0.25, -0.2) is 0 Å². The second-order valence-corrected chi connectivity index (χ2v) is 7.33. The SMILES string of the molecule is CC/C=C\C/C=C\C/C=C\CCCCCCCCN(CCC(=O)O)CCC(=O)O. The Morgan fingerprint density at radius 3 is 1.69 bits per heavy atom. The van der Waals surface area contributed by atoms with Crippen LogP contribution in [0.4, 0.5) is 0 Å². The molecule has 0 radical (unpaired) electrons. The van der Waals surface area contributed by atoms with E-state index in [4.69, 9.17) is 10.2 Å². The molecule has 166 valence electrons. The second kappa shape index (κ2) is 20.8. The lowest BCUT2D eigenvalue weighted by Crippen LogP contribution is -2.30. The van der Waals surface area contributed by atoms with Gasteiger partial charge in [0.1, 0.15) is 0 Å². The maximum Gasteiger partial charge on any atom is 0.304 e. The lowest BCUT2D eigenvalue weighted by Gasteiger charge is -2.20. The van der Waals surface area contributed by atoms with Crippen LogP contribution < -0.4 is 0 Å². The summed E-state index contributed by atoms with van der Waals surface area (Å²) in [5.41, 5.74) is 0. The van der Waals surface area contributed by atoms with E-state index in [1.807, 2.05) is 4.90 Å². The molecule has 0 saturated heterocycles. The van der Waals surface area contributed by atoms with Crippen LogP contribution in [0.2, 0.25) is 0 Å². The monoisotopic (exact) mass is 407 g/mol. The highest BCUT2D eigenvalue weighted by Crippen LogP contribution is 2.09. The van der Waals surface area contributed by atoms with Crippen molar-refractivity contribution in [2.45, 2.75) is 84.0 Å². The van der Waals surface area contributed by atoms with Crippen LogP contribution in [0, 0.1) is 0 Å². The van der Waals surface area contributed by atoms with Crippen molar-refractivity contribution >= 4 is 11.9 Å². The van der Waals surface area contributed by atoms with Crippen LogP contribution in [0.1, 0.15) is 84.0 Å². The van der Waals surface area contributed by atoms with Crippen LogP contribution in [0.5, 0.6) is 0 Å². The van der Waals surface area contributed by atoms with E-state index >= 15 is 0 Å². The van der Waals surface area contributed by atoms with E-state index in [-0.39, 0.29) is 12.8 Å². The first-order valence-corrected chi connectivity index (χ1v) is 11.2. The van der Waals surface area contributed by atoms with Gasteiger partial charge in [0.15, 0.2) is 0 Å². The maximum atomic E-state index is 10.7. The number of carboxylic acids is 2. The van der Waals surface area contributed by atoms with Gasteiger partial charge in [-0.3, -0.25) is 9.59 Å². The predicted octanol–water partition coefficient (Wildman–Crippen LogP) is 5.83. The molecule has 5 nitrogen and oxygen atoms in total. The second-order valence-electron chi connectivity index (χ2n) is 7.33. The summed E-state index contributed by atoms with van der Waals surface area (Å²) in [6, 6.07) is 0. The van der Waals surface area contributed by atoms with E-state index in [9.17, 15) is 9.59 Å². The Hall–Kier alpha value is -1.88. The third kappa shape index (κ3) is 22.3. The van der Waals surface area contributed by atoms with Crippen LogP contribution >= 0.6 is 0 Å². The topological polar surface area (TPSA) is 77.8 Å². The molecule has 0 aromatic carbocycles. The van der Waals surface area contributed by atoms with Crippen molar-refractivity contribution in [3.8, 4) is 0 Å². The van der Waals surface area contributed by atoms with Crippen molar-refractivity contribution in [3.05, 3.63) is 36.5 Å². The number of hydrogen-bond acceptors (Lipinski definition) is 3. The molecular weight excluding hydrogens is 366 g/mol. The number of unbranched alkanes of at least 4 members (excludes halogenated alkanes) is 6. The minimum Gasteiger partial charge on any atom is -0.481 e. The largest absolute Gasteiger partial charge is 0.481 e. The van der Waals surface area contributed by atoms with Crippen LogP contribution in [0.15, 0.2) is 36.5 Å². The normalized spacial score (nSPS) is 12.1. The average Bonchev–Trinajstić information content (AvgIpc) is 2.68. The summed E-state index contributed by atoms with van der Waals surface area (Å²) in [5, 5.41) is 17.6. The number of carbonyl (C=O) groups is 2. The molecule has 0 heterocycles. The fourth-order valence-electron chi connectivity index (χ4n) is 2.97. The third-order valence-corrected chi connectivity index (χ3v) is 4.66. The minimum atomic E-state index is -0.834. The highest BCUT2D eigenvalue weighted by Gasteiger charge is 2.09. The molecule has 0 unspecified atom stereocenters. The van der Waals surface area contributed by atoms with Crippen LogP contribution in [0.3, 0.4) is 0 Å². The summed E-state index contributed by atoms with van der Waals surface area (Å²) < 4.78 is 0. The number of aliphatic carboxylic acids is 2. The molecule has 0 rings (SSSR count). The Balaban J connectivity index is 3.61. The van der Waals surface area contributed by atoms with Gasteiger partial charge in [0.2, 0.25) is 0 Å². The Morgan fingerprint density at radius 2 is 1.14 bits per heavy atom. The molecule has 29 heavy (non-hydrogen) atoms. The molecular formula is C24H41NO4. The first-order chi connectivity index (χ1) is 14.1. The molecule has 0 saturated carbocycles. The molecule has 0 amide bonds. The standard InChI is InChI=1S/C24H41NO4/c1-2-3-4-5-6-7-8-9-10-11-12-13-14-15-16-17-20-25(21-18-23(26)27)22-19-24(28)29/h3-4,6-7,9-10H,2,5,8,11-22H2,1H3,(H,26,27)(H,28,29)/b4-3-,7-6-,10-9-. The molecule has 0 spiro atoms. The number of nitrogens with zero attached hydrogens (tertiary/aromatic N) is 1. The van der Waals surface area contributed by atoms with E-state index in [2.05, 4.69) is 43.4 Å². The molecule has 0 aliphatic rings. The van der Waals surface area contributed by atoms with Crippen LogP contribution in [0.25, 0.3) is 0 Å². The molecule has 0 fully saturated rings. The van der Waals surface area contributed by atoms with Gasteiger partial charge in [-0.1, -0.05) is 69.1 Å². The number of allylic oxidation sites excluding steroid dienone is 6. The van der Waals surface area contributed by atoms with Gasteiger partial charge in [0.05, 0.1) is 12.8 Å². The molecule has 2 N–H and O–H groups in total. The number of rotatable bonds is 20. The van der Waals surface area contributed by atoms with Crippen molar-refractivity contribution in [1.82, 2.24) is 4.90 Å². The highest BCUT2D eigenvalue weighted by molar-refractivity contribution is 5.67. The van der Waals surface area contributed by atoms with E-state index in [0.29, 0.717) is 13.1 Å². The van der Waals surface area contributed by atoms with Crippen molar-refractivity contribution in [1.29, 1.82) is 0 Å². The zero-order chi connectivity index (χ0) is 21.6. The minimum absolute atomic E-state index is 0.0683. The van der Waals surface area contributed by atoms with Crippen molar-refractivity contribution in [2.75, 3.05) is 19.6 Å². The van der Waals surface area contributed by atoms with Gasteiger partial charge in [-0.05, 0) is 45.1 Å². The summed E-state index contributed by atoms with van der Waals surface area (Å²) in [7, 11) is 0. The molecule has 0 atom stereocenters. The van der Waals surface area contributed by atoms with E-state index in [0.717, 1.165) is 45.1 Å². The quantitative estimate of drug-likeness (QED) is 0.196. The van der Waals surface area contributed by atoms with E-state index in [1.54, 1.807) is 0 Å². The van der Waals surface area contributed by atoms with E-state index < -0.39 is 11.9 Å². The molecule has 0 aliphatic carbocycles. The fourth-order valence-corrected chi connectivity index (χ4v) is 2.97. The Kier molecular flexibility index (Phi) is 19.5. The molecule has 0 aliphatic heterocycles.